The van der Waals surface area contributed by atoms with E-state index in [1.54, 1.807) is 10.4 Å². The van der Waals surface area contributed by atoms with E-state index in [0.717, 1.165) is 25.1 Å². The van der Waals surface area contributed by atoms with Gasteiger partial charge in [-0.3, -0.25) is 0 Å². The Morgan fingerprint density at radius 2 is 1.95 bits per heavy atom. The van der Waals surface area contributed by atoms with Crippen molar-refractivity contribution < 1.29 is 8.42 Å². The maximum Gasteiger partial charge on any atom is 0.243 e. The zero-order chi connectivity index (χ0) is 14.0. The van der Waals surface area contributed by atoms with Gasteiger partial charge in [0.25, 0.3) is 0 Å². The highest BCUT2D eigenvalue weighted by molar-refractivity contribution is 7.89. The van der Waals surface area contributed by atoms with Crippen molar-refractivity contribution in [2.75, 3.05) is 6.54 Å². The first-order valence-corrected chi connectivity index (χ1v) is 8.25. The minimum atomic E-state index is -3.38. The van der Waals surface area contributed by atoms with Crippen LogP contribution in [-0.4, -0.2) is 25.3 Å². The number of rotatable bonds is 5. The SMILES string of the molecule is CCCN(C(C)C)S(=O)(=O)c1ccc2c(c1)CNC2. The van der Waals surface area contributed by atoms with Crippen LogP contribution in [0.15, 0.2) is 23.1 Å². The van der Waals surface area contributed by atoms with Gasteiger partial charge in [0.15, 0.2) is 0 Å². The minimum absolute atomic E-state index is 0.0173. The summed E-state index contributed by atoms with van der Waals surface area (Å²) in [5, 5.41) is 3.24. The molecule has 0 bridgehead atoms. The molecular formula is C14H22N2O2S. The van der Waals surface area contributed by atoms with Crippen molar-refractivity contribution >= 4 is 10.0 Å². The summed E-state index contributed by atoms with van der Waals surface area (Å²) in [6.07, 6.45) is 0.823. The third kappa shape index (κ3) is 2.83. The molecule has 0 unspecified atom stereocenters. The van der Waals surface area contributed by atoms with Crippen molar-refractivity contribution in [1.29, 1.82) is 0 Å². The topological polar surface area (TPSA) is 49.4 Å². The largest absolute Gasteiger partial charge is 0.309 e. The second-order valence-corrected chi connectivity index (χ2v) is 7.13. The molecule has 1 aliphatic heterocycles. The fourth-order valence-electron chi connectivity index (χ4n) is 2.44. The van der Waals surface area contributed by atoms with E-state index in [4.69, 9.17) is 0 Å². The zero-order valence-electron chi connectivity index (χ0n) is 11.8. The Kier molecular flexibility index (Phi) is 4.28. The molecule has 4 nitrogen and oxygen atoms in total. The van der Waals surface area contributed by atoms with Crippen molar-refractivity contribution in [1.82, 2.24) is 9.62 Å². The average Bonchev–Trinajstić information content (AvgIpc) is 2.82. The van der Waals surface area contributed by atoms with Crippen LogP contribution in [0.25, 0.3) is 0 Å². The third-order valence-electron chi connectivity index (χ3n) is 3.44. The summed E-state index contributed by atoms with van der Waals surface area (Å²) >= 11 is 0. The Balaban J connectivity index is 2.38. The number of benzene rings is 1. The summed E-state index contributed by atoms with van der Waals surface area (Å²) in [6, 6.07) is 5.45. The lowest BCUT2D eigenvalue weighted by molar-refractivity contribution is 0.354. The molecule has 0 saturated heterocycles. The van der Waals surface area contributed by atoms with E-state index in [2.05, 4.69) is 5.32 Å². The van der Waals surface area contributed by atoms with Gasteiger partial charge in [0, 0.05) is 25.7 Å². The Hall–Kier alpha value is -0.910. The molecule has 0 atom stereocenters. The van der Waals surface area contributed by atoms with Gasteiger partial charge in [-0.15, -0.1) is 0 Å². The highest BCUT2D eigenvalue weighted by Crippen LogP contribution is 2.23. The molecule has 0 amide bonds. The normalized spacial score (nSPS) is 15.2. The van der Waals surface area contributed by atoms with E-state index in [0.29, 0.717) is 11.4 Å². The molecule has 0 radical (unpaired) electrons. The van der Waals surface area contributed by atoms with Crippen molar-refractivity contribution in [3.8, 4) is 0 Å². The van der Waals surface area contributed by atoms with Crippen LogP contribution in [0.1, 0.15) is 38.3 Å². The molecule has 0 aromatic heterocycles. The van der Waals surface area contributed by atoms with E-state index >= 15 is 0 Å². The molecule has 5 heteroatoms. The molecular weight excluding hydrogens is 260 g/mol. The quantitative estimate of drug-likeness (QED) is 0.899. The van der Waals surface area contributed by atoms with Crippen LogP contribution in [0.3, 0.4) is 0 Å². The summed E-state index contributed by atoms with van der Waals surface area (Å²) in [7, 11) is -3.38. The number of nitrogens with zero attached hydrogens (tertiary/aromatic N) is 1. The Bertz CT molecular complexity index is 553. The van der Waals surface area contributed by atoms with Gasteiger partial charge in [-0.05, 0) is 43.5 Å². The molecule has 106 valence electrons. The van der Waals surface area contributed by atoms with Gasteiger partial charge in [-0.1, -0.05) is 13.0 Å². The van der Waals surface area contributed by atoms with Gasteiger partial charge < -0.3 is 5.32 Å². The average molecular weight is 282 g/mol. The summed E-state index contributed by atoms with van der Waals surface area (Å²) in [5.74, 6) is 0. The first-order chi connectivity index (χ1) is 8.96. The van der Waals surface area contributed by atoms with Gasteiger partial charge in [-0.2, -0.15) is 4.31 Å². The fourth-order valence-corrected chi connectivity index (χ4v) is 4.22. The number of nitrogens with one attached hydrogen (secondary N) is 1. The zero-order valence-corrected chi connectivity index (χ0v) is 12.6. The summed E-state index contributed by atoms with van der Waals surface area (Å²) in [4.78, 5) is 0.414. The second-order valence-electron chi connectivity index (χ2n) is 5.24. The standard InChI is InChI=1S/C14H22N2O2S/c1-4-7-16(11(2)3)19(17,18)14-6-5-12-9-15-10-13(12)8-14/h5-6,8,11,15H,4,7,9-10H2,1-3H3. The van der Waals surface area contributed by atoms with Crippen molar-refractivity contribution in [2.24, 2.45) is 0 Å². The Morgan fingerprint density at radius 1 is 1.26 bits per heavy atom. The van der Waals surface area contributed by atoms with Gasteiger partial charge in [0.2, 0.25) is 10.0 Å². The lowest BCUT2D eigenvalue weighted by atomic mass is 10.1. The van der Waals surface area contributed by atoms with Crippen LogP contribution in [0, 0.1) is 0 Å². The van der Waals surface area contributed by atoms with Gasteiger partial charge in [-0.25, -0.2) is 8.42 Å². The number of sulfonamides is 1. The van der Waals surface area contributed by atoms with Crippen LogP contribution in [0.2, 0.25) is 0 Å². The molecule has 1 heterocycles. The molecule has 1 aromatic carbocycles. The van der Waals surface area contributed by atoms with Crippen molar-refractivity contribution in [3.63, 3.8) is 0 Å². The Labute approximate surface area is 115 Å². The molecule has 0 spiro atoms. The lowest BCUT2D eigenvalue weighted by Gasteiger charge is -2.25. The highest BCUT2D eigenvalue weighted by Gasteiger charge is 2.27. The second kappa shape index (κ2) is 5.61. The van der Waals surface area contributed by atoms with E-state index in [9.17, 15) is 8.42 Å². The number of hydrogen-bond acceptors (Lipinski definition) is 3. The predicted octanol–water partition coefficient (Wildman–Crippen LogP) is 2.10. The maximum absolute atomic E-state index is 12.7. The summed E-state index contributed by atoms with van der Waals surface area (Å²) < 4.78 is 26.9. The maximum atomic E-state index is 12.7. The van der Waals surface area contributed by atoms with Crippen LogP contribution >= 0.6 is 0 Å². The molecule has 0 fully saturated rings. The lowest BCUT2D eigenvalue weighted by Crippen LogP contribution is -2.37. The monoisotopic (exact) mass is 282 g/mol. The summed E-state index contributed by atoms with van der Waals surface area (Å²) in [6.45, 7) is 7.99. The van der Waals surface area contributed by atoms with E-state index < -0.39 is 10.0 Å². The van der Waals surface area contributed by atoms with E-state index in [-0.39, 0.29) is 6.04 Å². The fraction of sp³-hybridized carbons (Fsp3) is 0.571. The molecule has 0 aliphatic carbocycles. The van der Waals surface area contributed by atoms with Crippen LogP contribution in [-0.2, 0) is 23.1 Å². The van der Waals surface area contributed by atoms with Gasteiger partial charge >= 0.3 is 0 Å². The van der Waals surface area contributed by atoms with Crippen molar-refractivity contribution in [2.45, 2.75) is 51.2 Å². The van der Waals surface area contributed by atoms with Gasteiger partial charge in [0.05, 0.1) is 4.90 Å². The molecule has 0 saturated carbocycles. The predicted molar refractivity (Wildman–Crippen MR) is 76.3 cm³/mol. The van der Waals surface area contributed by atoms with Crippen molar-refractivity contribution in [3.05, 3.63) is 29.3 Å². The van der Waals surface area contributed by atoms with Gasteiger partial charge in [0.1, 0.15) is 0 Å². The molecule has 2 rings (SSSR count). The van der Waals surface area contributed by atoms with E-state index in [1.165, 1.54) is 5.56 Å². The molecule has 19 heavy (non-hydrogen) atoms. The van der Waals surface area contributed by atoms with Crippen LogP contribution in [0.5, 0.6) is 0 Å². The minimum Gasteiger partial charge on any atom is -0.309 e. The number of fused-ring (bicyclic) bond motifs is 1. The summed E-state index contributed by atoms with van der Waals surface area (Å²) in [5.41, 5.74) is 2.30. The van der Waals surface area contributed by atoms with Crippen LogP contribution < -0.4 is 5.32 Å². The smallest absolute Gasteiger partial charge is 0.243 e. The number of hydrogen-bond donors (Lipinski definition) is 1. The van der Waals surface area contributed by atoms with Crippen LogP contribution in [0.4, 0.5) is 0 Å². The third-order valence-corrected chi connectivity index (χ3v) is 5.51. The molecule has 1 aromatic rings. The Morgan fingerprint density at radius 3 is 2.58 bits per heavy atom. The first kappa shape index (κ1) is 14.5. The van der Waals surface area contributed by atoms with E-state index in [1.807, 2.05) is 32.9 Å². The molecule has 1 aliphatic rings. The highest BCUT2D eigenvalue weighted by atomic mass is 32.2. The first-order valence-electron chi connectivity index (χ1n) is 6.81. The molecule has 1 N–H and O–H groups in total.